The van der Waals surface area contributed by atoms with Gasteiger partial charge in [0.2, 0.25) is 5.95 Å². The van der Waals surface area contributed by atoms with Crippen LogP contribution in [0.1, 0.15) is 68.7 Å². The molecule has 1 unspecified atom stereocenters. The van der Waals surface area contributed by atoms with Crippen LogP contribution in [0.25, 0.3) is 11.1 Å². The smallest absolute Gasteiger partial charge is 0.220 e. The molecule has 0 spiro atoms. The molecule has 1 aromatic carbocycles. The molecule has 0 amide bonds. The number of anilines is 1. The standard InChI is InChI=1S/C19H16FN5.C8H17NO.C2H6/c20-13-3-4-14(15(8-13)11-2-1-5-23-9-11)12-6-17(21)16-10-24-19(22)25-18(16)7-12;10-8-4-7-9-5-2-1-3-6-9;1-2/h1-5,8-10,12,21H,6-7H2,(H2,22,24,25);10H,1-8H2;1-2H3. The van der Waals surface area contributed by atoms with E-state index in [0.717, 1.165) is 40.9 Å². The summed E-state index contributed by atoms with van der Waals surface area (Å²) in [4.78, 5) is 14.9. The number of nitrogens with zero attached hydrogens (tertiary/aromatic N) is 4. The van der Waals surface area contributed by atoms with Gasteiger partial charge in [-0.25, -0.2) is 14.4 Å². The van der Waals surface area contributed by atoms with E-state index in [9.17, 15) is 4.39 Å². The highest BCUT2D eigenvalue weighted by atomic mass is 19.1. The van der Waals surface area contributed by atoms with Gasteiger partial charge in [-0.15, -0.1) is 0 Å². The predicted molar refractivity (Wildman–Crippen MR) is 147 cm³/mol. The van der Waals surface area contributed by atoms with E-state index in [1.807, 2.05) is 26.0 Å². The number of aromatic nitrogens is 3. The van der Waals surface area contributed by atoms with Crippen LogP contribution < -0.4 is 5.73 Å². The third kappa shape index (κ3) is 7.87. The molecule has 3 aromatic rings. The minimum Gasteiger partial charge on any atom is -0.396 e. The van der Waals surface area contributed by atoms with Crippen LogP contribution in [0.5, 0.6) is 0 Å². The molecule has 1 fully saturated rings. The molecule has 1 atom stereocenters. The van der Waals surface area contributed by atoms with Crippen LogP contribution in [0.15, 0.2) is 48.9 Å². The van der Waals surface area contributed by atoms with Crippen molar-refractivity contribution in [2.45, 2.75) is 58.3 Å². The van der Waals surface area contributed by atoms with Crippen molar-refractivity contribution in [3.63, 3.8) is 0 Å². The van der Waals surface area contributed by atoms with Gasteiger partial charge in [0, 0.05) is 48.6 Å². The minimum atomic E-state index is -0.291. The van der Waals surface area contributed by atoms with Crippen LogP contribution in [0.2, 0.25) is 0 Å². The third-order valence-corrected chi connectivity index (χ3v) is 6.61. The Morgan fingerprint density at radius 3 is 2.57 bits per heavy atom. The van der Waals surface area contributed by atoms with E-state index < -0.39 is 0 Å². The molecule has 5 rings (SSSR count). The Morgan fingerprint density at radius 1 is 1.08 bits per heavy atom. The van der Waals surface area contributed by atoms with Gasteiger partial charge in [-0.1, -0.05) is 32.4 Å². The summed E-state index contributed by atoms with van der Waals surface area (Å²) in [7, 11) is 0. The average molecular weight is 507 g/mol. The van der Waals surface area contributed by atoms with Gasteiger partial charge in [0.1, 0.15) is 5.82 Å². The summed E-state index contributed by atoms with van der Waals surface area (Å²) in [6.45, 7) is 7.94. The number of fused-ring (bicyclic) bond motifs is 1. The largest absolute Gasteiger partial charge is 0.396 e. The van der Waals surface area contributed by atoms with Gasteiger partial charge in [0.05, 0.1) is 5.69 Å². The van der Waals surface area contributed by atoms with Crippen molar-refractivity contribution in [2.24, 2.45) is 0 Å². The number of piperidine rings is 1. The van der Waals surface area contributed by atoms with Crippen molar-refractivity contribution >= 4 is 11.7 Å². The van der Waals surface area contributed by atoms with Crippen LogP contribution >= 0.6 is 0 Å². The fourth-order valence-corrected chi connectivity index (χ4v) is 4.86. The maximum Gasteiger partial charge on any atom is 0.220 e. The first kappa shape index (κ1) is 28.3. The molecule has 198 valence electrons. The highest BCUT2D eigenvalue weighted by Crippen LogP contribution is 2.37. The average Bonchev–Trinajstić information content (AvgIpc) is 2.94. The lowest BCUT2D eigenvalue weighted by Gasteiger charge is -2.26. The molecule has 2 aromatic heterocycles. The summed E-state index contributed by atoms with van der Waals surface area (Å²) < 4.78 is 13.9. The predicted octanol–water partition coefficient (Wildman–Crippen LogP) is 5.24. The first-order valence-corrected chi connectivity index (χ1v) is 13.3. The summed E-state index contributed by atoms with van der Waals surface area (Å²) in [5, 5.41) is 16.9. The van der Waals surface area contributed by atoms with Crippen LogP contribution in [0, 0.1) is 11.2 Å². The minimum absolute atomic E-state index is 0.0325. The second-order valence-electron chi connectivity index (χ2n) is 9.13. The molecule has 0 saturated carbocycles. The van der Waals surface area contributed by atoms with Gasteiger partial charge in [-0.2, -0.15) is 0 Å². The Labute approximate surface area is 219 Å². The van der Waals surface area contributed by atoms with E-state index in [4.69, 9.17) is 16.2 Å². The van der Waals surface area contributed by atoms with E-state index in [2.05, 4.69) is 19.9 Å². The van der Waals surface area contributed by atoms with Crippen LogP contribution in [-0.4, -0.2) is 56.9 Å². The maximum absolute atomic E-state index is 13.9. The number of pyridine rings is 1. The van der Waals surface area contributed by atoms with Gasteiger partial charge < -0.3 is 21.1 Å². The fourth-order valence-electron chi connectivity index (χ4n) is 4.86. The SMILES string of the molecule is CC.N=C1CC(c2ccc(F)cc2-c2cccnc2)Cc2nc(N)ncc21.OCCCN1CCCCC1. The topological polar surface area (TPSA) is 112 Å². The number of nitrogens with two attached hydrogens (primary N) is 1. The first-order valence-electron chi connectivity index (χ1n) is 13.3. The quantitative estimate of drug-likeness (QED) is 0.436. The molecular weight excluding hydrogens is 467 g/mol. The lowest BCUT2D eigenvalue weighted by molar-refractivity contribution is 0.198. The lowest BCUT2D eigenvalue weighted by Crippen LogP contribution is -2.30. The molecule has 0 bridgehead atoms. The summed E-state index contributed by atoms with van der Waals surface area (Å²) in [6, 6.07) is 8.53. The molecule has 0 radical (unpaired) electrons. The molecular formula is C29H39FN6O. The summed E-state index contributed by atoms with van der Waals surface area (Å²) >= 11 is 0. The van der Waals surface area contributed by atoms with E-state index in [1.54, 1.807) is 24.7 Å². The number of nitrogens with one attached hydrogen (secondary N) is 1. The van der Waals surface area contributed by atoms with Crippen molar-refractivity contribution in [2.75, 3.05) is 32.0 Å². The van der Waals surface area contributed by atoms with Crippen molar-refractivity contribution in [1.29, 1.82) is 5.41 Å². The number of hydrogen-bond donors (Lipinski definition) is 3. The molecule has 8 heteroatoms. The highest BCUT2D eigenvalue weighted by Gasteiger charge is 2.27. The number of aliphatic hydroxyl groups is 1. The summed E-state index contributed by atoms with van der Waals surface area (Å²) in [5.74, 6) is -0.0515. The number of aliphatic hydroxyl groups excluding tert-OH is 1. The first-order chi connectivity index (χ1) is 18.0. The molecule has 4 N–H and O–H groups in total. The number of halogens is 1. The van der Waals surface area contributed by atoms with Gasteiger partial charge in [0.25, 0.3) is 0 Å². The Balaban J connectivity index is 0.000000266. The van der Waals surface area contributed by atoms with E-state index in [1.165, 1.54) is 44.5 Å². The molecule has 3 heterocycles. The van der Waals surface area contributed by atoms with Crippen LogP contribution in [-0.2, 0) is 6.42 Å². The fraction of sp³-hybridized carbons (Fsp3) is 0.448. The van der Waals surface area contributed by atoms with Crippen molar-refractivity contribution in [3.05, 3.63) is 71.6 Å². The number of likely N-dealkylation sites (tertiary alicyclic amines) is 1. The van der Waals surface area contributed by atoms with Crippen molar-refractivity contribution in [3.8, 4) is 11.1 Å². The normalized spacial score (nSPS) is 17.1. The molecule has 1 saturated heterocycles. The number of nitrogen functional groups attached to an aromatic ring is 1. The molecule has 2 aliphatic rings. The zero-order valence-corrected chi connectivity index (χ0v) is 22.0. The summed E-state index contributed by atoms with van der Waals surface area (Å²) in [5.41, 5.74) is 10.3. The van der Waals surface area contributed by atoms with Crippen LogP contribution in [0.4, 0.5) is 10.3 Å². The van der Waals surface area contributed by atoms with Crippen molar-refractivity contribution in [1.82, 2.24) is 19.9 Å². The Hall–Kier alpha value is -3.23. The van der Waals surface area contributed by atoms with Gasteiger partial charge in [0.15, 0.2) is 0 Å². The molecule has 1 aliphatic carbocycles. The number of rotatable bonds is 5. The number of hydrogen-bond acceptors (Lipinski definition) is 7. The number of benzene rings is 1. The van der Waals surface area contributed by atoms with Gasteiger partial charge in [-0.3, -0.25) is 4.98 Å². The third-order valence-electron chi connectivity index (χ3n) is 6.61. The van der Waals surface area contributed by atoms with Gasteiger partial charge >= 0.3 is 0 Å². The molecule has 7 nitrogen and oxygen atoms in total. The van der Waals surface area contributed by atoms with E-state index >= 15 is 0 Å². The van der Waals surface area contributed by atoms with Crippen LogP contribution in [0.3, 0.4) is 0 Å². The monoisotopic (exact) mass is 506 g/mol. The lowest BCUT2D eigenvalue weighted by atomic mass is 9.79. The van der Waals surface area contributed by atoms with Crippen molar-refractivity contribution < 1.29 is 9.50 Å². The second-order valence-corrected chi connectivity index (χ2v) is 9.13. The Kier molecular flexibility index (Phi) is 11.1. The van der Waals surface area contributed by atoms with E-state index in [0.29, 0.717) is 25.2 Å². The van der Waals surface area contributed by atoms with E-state index in [-0.39, 0.29) is 17.7 Å². The Bertz CT molecular complexity index is 1130. The zero-order chi connectivity index (χ0) is 26.6. The second kappa shape index (κ2) is 14.5. The summed E-state index contributed by atoms with van der Waals surface area (Å²) in [6.07, 6.45) is 11.3. The maximum atomic E-state index is 13.9. The zero-order valence-electron chi connectivity index (χ0n) is 22.0. The van der Waals surface area contributed by atoms with Gasteiger partial charge in [-0.05, 0) is 80.4 Å². The molecule has 37 heavy (non-hydrogen) atoms. The molecule has 1 aliphatic heterocycles. The Morgan fingerprint density at radius 2 is 1.86 bits per heavy atom. The highest BCUT2D eigenvalue weighted by molar-refractivity contribution is 6.00.